The Kier molecular flexibility index (Phi) is 12.3. The van der Waals surface area contributed by atoms with Gasteiger partial charge in [0.1, 0.15) is 6.04 Å². The number of carbonyl (C=O) groups excluding carboxylic acids is 2. The molecule has 2 fully saturated rings. The van der Waals surface area contributed by atoms with Crippen molar-refractivity contribution in [1.82, 2.24) is 15.5 Å². The topological polar surface area (TPSA) is 98.7 Å². The largest absolute Gasteiger partial charge is 0.480 e. The summed E-state index contributed by atoms with van der Waals surface area (Å²) in [7, 11) is 0. The maximum absolute atomic E-state index is 13.7. The van der Waals surface area contributed by atoms with Crippen molar-refractivity contribution in [2.75, 3.05) is 25.1 Å². The third kappa shape index (κ3) is 8.83. The Balaban J connectivity index is 1.57. The van der Waals surface area contributed by atoms with E-state index < -0.39 is 17.9 Å². The van der Waals surface area contributed by atoms with Crippen LogP contribution in [0.4, 0.5) is 0 Å². The van der Waals surface area contributed by atoms with Gasteiger partial charge < -0.3 is 20.6 Å². The quantitative estimate of drug-likeness (QED) is 0.262. The van der Waals surface area contributed by atoms with Gasteiger partial charge in [0.25, 0.3) is 5.91 Å². The molecular weight excluding hydrogens is 546 g/mol. The molecule has 2 aliphatic rings. The van der Waals surface area contributed by atoms with Crippen molar-refractivity contribution in [2.24, 2.45) is 5.92 Å². The Morgan fingerprint density at radius 2 is 1.67 bits per heavy atom. The summed E-state index contributed by atoms with van der Waals surface area (Å²) in [6.45, 7) is 4.22. The normalized spacial score (nSPS) is 17.4. The number of thioether (sulfide) groups is 1. The third-order valence-electron chi connectivity index (χ3n) is 8.79. The van der Waals surface area contributed by atoms with Crippen molar-refractivity contribution >= 4 is 29.5 Å². The van der Waals surface area contributed by atoms with Crippen LogP contribution in [0.2, 0.25) is 0 Å². The second kappa shape index (κ2) is 16.1. The molecule has 1 saturated heterocycles. The Morgan fingerprint density at radius 1 is 0.952 bits per heavy atom. The minimum absolute atomic E-state index is 0.219. The maximum atomic E-state index is 13.7. The van der Waals surface area contributed by atoms with Gasteiger partial charge in [0.15, 0.2) is 0 Å². The first-order valence-electron chi connectivity index (χ1n) is 15.6. The molecule has 1 saturated carbocycles. The van der Waals surface area contributed by atoms with Gasteiger partial charge in [0.2, 0.25) is 5.91 Å². The maximum Gasteiger partial charge on any atom is 0.326 e. The van der Waals surface area contributed by atoms with Crippen LogP contribution in [-0.2, 0) is 16.1 Å². The third-order valence-corrected chi connectivity index (χ3v) is 9.43. The van der Waals surface area contributed by atoms with E-state index in [1.807, 2.05) is 54.5 Å². The number of carboxylic acid groups (broad SMARTS) is 1. The van der Waals surface area contributed by atoms with Gasteiger partial charge in [-0.25, -0.2) is 4.79 Å². The Labute approximate surface area is 255 Å². The van der Waals surface area contributed by atoms with Gasteiger partial charge in [-0.05, 0) is 91.3 Å². The Bertz CT molecular complexity index is 1210. The SMILES string of the molecule is CSCC[C@H](NC(=O)c1ccc(CNC(CC2CCCCC2)C(=O)N2CCCCC2)cc1-c1ccccc1C)C(=O)O. The first-order chi connectivity index (χ1) is 20.4. The standard InChI is InChI=1S/C34H47N3O4S/c1-24-11-7-8-14-27(24)29-21-26(15-16-28(29)32(38)36-30(34(40)41)17-20-42-2)23-35-31(22-25-12-5-3-6-13-25)33(39)37-18-9-4-10-19-37/h7-8,11,14-16,21,25,30-31,35H,3-6,9-10,12-13,17-20,22-23H2,1-2H3,(H,36,38)(H,40,41)/t30-,31?/m0/s1. The zero-order valence-electron chi connectivity index (χ0n) is 25.2. The van der Waals surface area contributed by atoms with Crippen molar-refractivity contribution in [1.29, 1.82) is 0 Å². The van der Waals surface area contributed by atoms with Gasteiger partial charge >= 0.3 is 5.97 Å². The number of benzene rings is 2. The fourth-order valence-corrected chi connectivity index (χ4v) is 6.80. The zero-order chi connectivity index (χ0) is 29.9. The molecule has 1 aliphatic heterocycles. The zero-order valence-corrected chi connectivity index (χ0v) is 26.0. The minimum Gasteiger partial charge on any atom is -0.480 e. The van der Waals surface area contributed by atoms with Crippen LogP contribution in [0, 0.1) is 12.8 Å². The number of rotatable bonds is 13. The van der Waals surface area contributed by atoms with E-state index in [4.69, 9.17) is 0 Å². The average molecular weight is 594 g/mol. The number of carbonyl (C=O) groups is 3. The lowest BCUT2D eigenvalue weighted by Crippen LogP contribution is -2.49. The van der Waals surface area contributed by atoms with Crippen molar-refractivity contribution in [2.45, 2.75) is 89.8 Å². The summed E-state index contributed by atoms with van der Waals surface area (Å²) >= 11 is 1.55. The number of nitrogens with zero attached hydrogens (tertiary/aromatic N) is 1. The molecule has 4 rings (SSSR count). The predicted octanol–water partition coefficient (Wildman–Crippen LogP) is 6.04. The van der Waals surface area contributed by atoms with Crippen molar-refractivity contribution in [3.05, 3.63) is 59.2 Å². The first-order valence-corrected chi connectivity index (χ1v) is 17.0. The molecule has 228 valence electrons. The monoisotopic (exact) mass is 593 g/mol. The highest BCUT2D eigenvalue weighted by atomic mass is 32.2. The second-order valence-electron chi connectivity index (χ2n) is 11.9. The Hall–Kier alpha value is -2.84. The molecule has 1 unspecified atom stereocenters. The van der Waals surface area contributed by atoms with Crippen LogP contribution in [0.25, 0.3) is 11.1 Å². The minimum atomic E-state index is -1.03. The van der Waals surface area contributed by atoms with E-state index in [0.717, 1.165) is 54.6 Å². The lowest BCUT2D eigenvalue weighted by atomic mass is 9.84. The molecule has 8 heteroatoms. The average Bonchev–Trinajstić information content (AvgIpc) is 3.01. The number of hydrogen-bond acceptors (Lipinski definition) is 5. The molecule has 1 heterocycles. The summed E-state index contributed by atoms with van der Waals surface area (Å²) in [5.74, 6) is 0.0204. The predicted molar refractivity (Wildman–Crippen MR) is 171 cm³/mol. The van der Waals surface area contributed by atoms with Crippen molar-refractivity contribution in [3.63, 3.8) is 0 Å². The number of carboxylic acids is 1. The molecule has 1 aliphatic carbocycles. The van der Waals surface area contributed by atoms with Crippen LogP contribution in [-0.4, -0.2) is 65.0 Å². The molecule has 42 heavy (non-hydrogen) atoms. The summed E-state index contributed by atoms with van der Waals surface area (Å²) in [5.41, 5.74) is 4.17. The van der Waals surface area contributed by atoms with Crippen LogP contribution >= 0.6 is 11.8 Å². The van der Waals surface area contributed by atoms with Crippen molar-refractivity contribution < 1.29 is 19.5 Å². The summed E-state index contributed by atoms with van der Waals surface area (Å²) in [6, 6.07) is 12.5. The number of piperidine rings is 1. The summed E-state index contributed by atoms with van der Waals surface area (Å²) in [4.78, 5) is 41.0. The Morgan fingerprint density at radius 3 is 2.36 bits per heavy atom. The number of nitrogens with one attached hydrogen (secondary N) is 2. The highest BCUT2D eigenvalue weighted by Crippen LogP contribution is 2.30. The molecular formula is C34H47N3O4S. The van der Waals surface area contributed by atoms with Gasteiger partial charge in [-0.2, -0.15) is 11.8 Å². The van der Waals surface area contributed by atoms with E-state index in [0.29, 0.717) is 30.2 Å². The van der Waals surface area contributed by atoms with Crippen LogP contribution in [0.3, 0.4) is 0 Å². The molecule has 0 aromatic heterocycles. The number of hydrogen-bond donors (Lipinski definition) is 3. The lowest BCUT2D eigenvalue weighted by molar-refractivity contribution is -0.139. The van der Waals surface area contributed by atoms with Gasteiger partial charge in [-0.3, -0.25) is 9.59 Å². The molecule has 0 spiro atoms. The molecule has 2 aromatic carbocycles. The van der Waals surface area contributed by atoms with E-state index in [2.05, 4.69) is 10.6 Å². The molecule has 3 N–H and O–H groups in total. The van der Waals surface area contributed by atoms with Gasteiger partial charge in [0.05, 0.1) is 6.04 Å². The smallest absolute Gasteiger partial charge is 0.326 e. The molecule has 7 nitrogen and oxygen atoms in total. The highest BCUT2D eigenvalue weighted by Gasteiger charge is 2.29. The van der Waals surface area contributed by atoms with E-state index in [1.165, 1.54) is 38.5 Å². The van der Waals surface area contributed by atoms with Crippen LogP contribution in [0.5, 0.6) is 0 Å². The fraction of sp³-hybridized carbons (Fsp3) is 0.559. The summed E-state index contributed by atoms with van der Waals surface area (Å²) < 4.78 is 0. The number of aliphatic carboxylic acids is 1. The molecule has 2 atom stereocenters. The van der Waals surface area contributed by atoms with Crippen LogP contribution in [0.15, 0.2) is 42.5 Å². The number of likely N-dealkylation sites (tertiary alicyclic amines) is 1. The van der Waals surface area contributed by atoms with Crippen LogP contribution in [0.1, 0.15) is 85.7 Å². The lowest BCUT2D eigenvalue weighted by Gasteiger charge is -2.33. The second-order valence-corrected chi connectivity index (χ2v) is 12.9. The summed E-state index contributed by atoms with van der Waals surface area (Å²) in [5, 5.41) is 16.1. The molecule has 2 aromatic rings. The van der Waals surface area contributed by atoms with Crippen molar-refractivity contribution in [3.8, 4) is 11.1 Å². The molecule has 0 radical (unpaired) electrons. The van der Waals surface area contributed by atoms with Gasteiger partial charge in [0, 0.05) is 25.2 Å². The fourth-order valence-electron chi connectivity index (χ4n) is 6.33. The van der Waals surface area contributed by atoms with Gasteiger partial charge in [-0.1, -0.05) is 62.4 Å². The van der Waals surface area contributed by atoms with E-state index in [9.17, 15) is 19.5 Å². The molecule has 0 bridgehead atoms. The van der Waals surface area contributed by atoms with Crippen LogP contribution < -0.4 is 10.6 Å². The van der Waals surface area contributed by atoms with E-state index >= 15 is 0 Å². The summed E-state index contributed by atoms with van der Waals surface area (Å²) in [6.07, 6.45) is 12.7. The van der Waals surface area contributed by atoms with Gasteiger partial charge in [-0.15, -0.1) is 0 Å². The number of aryl methyl sites for hydroxylation is 1. The number of amides is 2. The van der Waals surface area contributed by atoms with E-state index in [1.54, 1.807) is 17.8 Å². The first kappa shape index (κ1) is 32.1. The van der Waals surface area contributed by atoms with E-state index in [-0.39, 0.29) is 11.9 Å². The molecule has 2 amide bonds. The highest BCUT2D eigenvalue weighted by molar-refractivity contribution is 7.98.